The van der Waals surface area contributed by atoms with E-state index in [2.05, 4.69) is 5.10 Å². The number of H-pyrrole nitrogens is 1. The number of hydrogen-bond donors (Lipinski definition) is 2. The fraction of sp³-hybridized carbons (Fsp3) is 0.250. The number of hydrogen-bond acceptors (Lipinski definition) is 3. The van der Waals surface area contributed by atoms with Gasteiger partial charge in [-0.2, -0.15) is 0 Å². The third-order valence-corrected chi connectivity index (χ3v) is 2.94. The molecule has 0 amide bonds. The highest BCUT2D eigenvalue weighted by molar-refractivity contribution is 5.39. The van der Waals surface area contributed by atoms with E-state index in [0.717, 1.165) is 17.8 Å². The molecule has 2 N–H and O–H groups in total. The minimum Gasteiger partial charge on any atom is -0.508 e. The molecule has 0 bridgehead atoms. The van der Waals surface area contributed by atoms with E-state index in [4.69, 9.17) is 4.74 Å². The molecule has 1 aromatic heterocycles. The number of aromatic hydroxyl groups is 1. The Balaban J connectivity index is 2.15. The lowest BCUT2D eigenvalue weighted by Crippen LogP contribution is -2.15. The maximum atomic E-state index is 11.7. The summed E-state index contributed by atoms with van der Waals surface area (Å²) in [6, 6.07) is 6.72. The van der Waals surface area contributed by atoms with Gasteiger partial charge in [-0.1, -0.05) is 0 Å². The average molecular weight is 232 g/mol. The average Bonchev–Trinajstić information content (AvgIpc) is 2.69. The van der Waals surface area contributed by atoms with Gasteiger partial charge >= 0.3 is 0 Å². The topological polar surface area (TPSA) is 67.2 Å². The zero-order valence-electron chi connectivity index (χ0n) is 9.14. The fourth-order valence-corrected chi connectivity index (χ4v) is 2.08. The van der Waals surface area contributed by atoms with Crippen molar-refractivity contribution in [3.05, 3.63) is 45.9 Å². The highest BCUT2D eigenvalue weighted by atomic mass is 16.5. The van der Waals surface area contributed by atoms with E-state index in [9.17, 15) is 9.90 Å². The molecule has 0 aliphatic carbocycles. The van der Waals surface area contributed by atoms with Crippen LogP contribution < -0.4 is 5.56 Å². The summed E-state index contributed by atoms with van der Waals surface area (Å²) in [7, 11) is 0. The van der Waals surface area contributed by atoms with Crippen LogP contribution in [0.2, 0.25) is 0 Å². The number of phenolic OH excluding ortho intramolecular Hbond substituents is 1. The fourth-order valence-electron chi connectivity index (χ4n) is 2.08. The molecule has 88 valence electrons. The summed E-state index contributed by atoms with van der Waals surface area (Å²) >= 11 is 0. The molecular formula is C12H12N2O3. The Hall–Kier alpha value is -2.01. The van der Waals surface area contributed by atoms with E-state index in [1.54, 1.807) is 28.9 Å². The van der Waals surface area contributed by atoms with Crippen LogP contribution in [0.25, 0.3) is 5.69 Å². The number of aromatic nitrogens is 2. The Bertz CT molecular complexity index is 595. The van der Waals surface area contributed by atoms with Gasteiger partial charge in [0.2, 0.25) is 0 Å². The zero-order valence-corrected chi connectivity index (χ0v) is 9.14. The molecule has 0 fully saturated rings. The van der Waals surface area contributed by atoms with Gasteiger partial charge in [-0.15, -0.1) is 0 Å². The van der Waals surface area contributed by atoms with Crippen molar-refractivity contribution in [3.8, 4) is 11.4 Å². The molecule has 17 heavy (non-hydrogen) atoms. The maximum absolute atomic E-state index is 11.7. The molecule has 0 radical (unpaired) electrons. The number of fused-ring (bicyclic) bond motifs is 1. The summed E-state index contributed by atoms with van der Waals surface area (Å²) < 4.78 is 7.04. The predicted molar refractivity (Wildman–Crippen MR) is 61.4 cm³/mol. The lowest BCUT2D eigenvalue weighted by molar-refractivity contribution is 0.109. The lowest BCUT2D eigenvalue weighted by Gasteiger charge is -2.14. The van der Waals surface area contributed by atoms with E-state index < -0.39 is 0 Å². The Morgan fingerprint density at radius 2 is 2.06 bits per heavy atom. The van der Waals surface area contributed by atoms with Crippen LogP contribution in [0.4, 0.5) is 0 Å². The van der Waals surface area contributed by atoms with Gasteiger partial charge in [0.15, 0.2) is 0 Å². The Labute approximate surface area is 97.3 Å². The number of nitrogens with one attached hydrogen (secondary N) is 1. The van der Waals surface area contributed by atoms with Gasteiger partial charge in [0.05, 0.1) is 30.2 Å². The minimum atomic E-state index is -0.104. The minimum absolute atomic E-state index is 0.104. The summed E-state index contributed by atoms with van der Waals surface area (Å²) in [5.74, 6) is 0.209. The van der Waals surface area contributed by atoms with Crippen LogP contribution in [0.1, 0.15) is 11.3 Å². The van der Waals surface area contributed by atoms with Crippen LogP contribution in [0.5, 0.6) is 5.75 Å². The third kappa shape index (κ3) is 1.64. The summed E-state index contributed by atoms with van der Waals surface area (Å²) in [6.07, 6.45) is 0.717. The summed E-state index contributed by atoms with van der Waals surface area (Å²) in [5.41, 5.74) is 2.40. The van der Waals surface area contributed by atoms with Crippen LogP contribution in [-0.4, -0.2) is 21.5 Å². The molecule has 0 unspecified atom stereocenters. The first-order valence-corrected chi connectivity index (χ1v) is 5.45. The normalized spacial score (nSPS) is 14.6. The van der Waals surface area contributed by atoms with Gasteiger partial charge in [-0.05, 0) is 24.3 Å². The van der Waals surface area contributed by atoms with Crippen molar-refractivity contribution in [2.24, 2.45) is 0 Å². The molecule has 0 saturated carbocycles. The van der Waals surface area contributed by atoms with Gasteiger partial charge in [0, 0.05) is 6.42 Å². The highest BCUT2D eigenvalue weighted by Gasteiger charge is 2.19. The maximum Gasteiger partial charge on any atom is 0.270 e. The predicted octanol–water partition coefficient (Wildman–Crippen LogP) is 0.944. The highest BCUT2D eigenvalue weighted by Crippen LogP contribution is 2.19. The van der Waals surface area contributed by atoms with Crippen LogP contribution in [0, 0.1) is 0 Å². The number of nitrogens with zero attached hydrogens (tertiary/aromatic N) is 1. The van der Waals surface area contributed by atoms with Crippen molar-refractivity contribution in [3.63, 3.8) is 0 Å². The molecular weight excluding hydrogens is 220 g/mol. The first-order valence-electron chi connectivity index (χ1n) is 5.45. The second-order valence-corrected chi connectivity index (χ2v) is 4.02. The van der Waals surface area contributed by atoms with Crippen LogP contribution in [-0.2, 0) is 17.8 Å². The molecule has 1 aromatic carbocycles. The van der Waals surface area contributed by atoms with E-state index in [-0.39, 0.29) is 11.3 Å². The largest absolute Gasteiger partial charge is 0.508 e. The second-order valence-electron chi connectivity index (χ2n) is 4.02. The van der Waals surface area contributed by atoms with Crippen molar-refractivity contribution in [1.82, 2.24) is 9.78 Å². The molecule has 3 rings (SSSR count). The molecule has 0 saturated heterocycles. The van der Waals surface area contributed by atoms with Crippen LogP contribution >= 0.6 is 0 Å². The smallest absolute Gasteiger partial charge is 0.270 e. The van der Waals surface area contributed by atoms with Crippen molar-refractivity contribution < 1.29 is 9.84 Å². The number of phenols is 1. The Morgan fingerprint density at radius 1 is 1.29 bits per heavy atom. The van der Waals surface area contributed by atoms with Crippen molar-refractivity contribution in [2.45, 2.75) is 13.0 Å². The van der Waals surface area contributed by atoms with E-state index in [0.29, 0.717) is 18.8 Å². The molecule has 0 atom stereocenters. The van der Waals surface area contributed by atoms with Crippen molar-refractivity contribution in [2.75, 3.05) is 6.61 Å². The molecule has 0 spiro atoms. The first kappa shape index (κ1) is 10.2. The molecule has 2 heterocycles. The SMILES string of the molecule is O=c1[nH]n(-c2ccc(O)cc2)c2c1COCC2. The lowest BCUT2D eigenvalue weighted by atomic mass is 10.1. The van der Waals surface area contributed by atoms with Crippen LogP contribution in [0.15, 0.2) is 29.1 Å². The van der Waals surface area contributed by atoms with Gasteiger partial charge in [-0.3, -0.25) is 14.6 Å². The molecule has 5 heteroatoms. The summed E-state index contributed by atoms with van der Waals surface area (Å²) in [5, 5.41) is 12.0. The molecule has 1 aliphatic heterocycles. The third-order valence-electron chi connectivity index (χ3n) is 2.94. The standard InChI is InChI=1S/C12H12N2O3/c15-9-3-1-8(2-4-9)14-11-5-6-17-7-10(11)12(16)13-14/h1-4,15H,5-7H2,(H,13,16). The number of aromatic amines is 1. The first-order chi connectivity index (χ1) is 8.25. The van der Waals surface area contributed by atoms with Gasteiger partial charge in [0.1, 0.15) is 5.75 Å². The van der Waals surface area contributed by atoms with Gasteiger partial charge < -0.3 is 9.84 Å². The van der Waals surface area contributed by atoms with Crippen molar-refractivity contribution in [1.29, 1.82) is 0 Å². The van der Waals surface area contributed by atoms with Crippen molar-refractivity contribution >= 4 is 0 Å². The monoisotopic (exact) mass is 232 g/mol. The number of ether oxygens (including phenoxy) is 1. The zero-order chi connectivity index (χ0) is 11.8. The molecule has 5 nitrogen and oxygen atoms in total. The number of rotatable bonds is 1. The Kier molecular flexibility index (Phi) is 2.26. The quantitative estimate of drug-likeness (QED) is 0.769. The second kappa shape index (κ2) is 3.78. The molecule has 1 aliphatic rings. The molecule has 2 aromatic rings. The number of benzene rings is 1. The van der Waals surface area contributed by atoms with Gasteiger partial charge in [-0.25, -0.2) is 0 Å². The van der Waals surface area contributed by atoms with Gasteiger partial charge in [0.25, 0.3) is 5.56 Å². The van der Waals surface area contributed by atoms with E-state index in [1.807, 2.05) is 0 Å². The summed E-state index contributed by atoms with van der Waals surface area (Å²) in [6.45, 7) is 0.998. The summed E-state index contributed by atoms with van der Waals surface area (Å²) in [4.78, 5) is 11.7. The Morgan fingerprint density at radius 3 is 2.82 bits per heavy atom. The van der Waals surface area contributed by atoms with E-state index >= 15 is 0 Å². The van der Waals surface area contributed by atoms with E-state index in [1.165, 1.54) is 0 Å². The van der Waals surface area contributed by atoms with Crippen LogP contribution in [0.3, 0.4) is 0 Å².